The number of hydrogen-bond donors (Lipinski definition) is 1. The Morgan fingerprint density at radius 1 is 1.37 bits per heavy atom. The third-order valence-electron chi connectivity index (χ3n) is 3.34. The standard InChI is InChI=1S/C14H14ClN3O/c1-14(7-8-14)16-13(19)11-6-9-18(17-11)12-5-3-2-4-10(12)15/h2-6,9H,7-8H2,1H3,(H,16,19). The molecule has 1 aromatic heterocycles. The van der Waals surface area contributed by atoms with Crippen LogP contribution in [0.4, 0.5) is 0 Å². The summed E-state index contributed by atoms with van der Waals surface area (Å²) in [6, 6.07) is 9.10. The van der Waals surface area contributed by atoms with E-state index in [0.717, 1.165) is 18.5 Å². The lowest BCUT2D eigenvalue weighted by molar-refractivity contribution is 0.0930. The Balaban J connectivity index is 1.83. The molecule has 1 aliphatic rings. The molecule has 0 atom stereocenters. The van der Waals surface area contributed by atoms with E-state index in [1.54, 1.807) is 23.0 Å². The third-order valence-corrected chi connectivity index (χ3v) is 3.66. The van der Waals surface area contributed by atoms with E-state index in [-0.39, 0.29) is 11.4 Å². The fraction of sp³-hybridized carbons (Fsp3) is 0.286. The lowest BCUT2D eigenvalue weighted by Crippen LogP contribution is -2.34. The molecule has 0 saturated heterocycles. The van der Waals surface area contributed by atoms with Crippen LogP contribution in [0.1, 0.15) is 30.3 Å². The van der Waals surface area contributed by atoms with Crippen LogP contribution in [0, 0.1) is 0 Å². The van der Waals surface area contributed by atoms with Crippen LogP contribution in [-0.2, 0) is 0 Å². The van der Waals surface area contributed by atoms with E-state index >= 15 is 0 Å². The van der Waals surface area contributed by atoms with Gasteiger partial charge in [0, 0.05) is 11.7 Å². The van der Waals surface area contributed by atoms with Crippen molar-refractivity contribution in [1.29, 1.82) is 0 Å². The van der Waals surface area contributed by atoms with Gasteiger partial charge < -0.3 is 5.32 Å². The van der Waals surface area contributed by atoms with E-state index in [0.29, 0.717) is 10.7 Å². The Bertz CT molecular complexity index is 631. The first kappa shape index (κ1) is 12.2. The molecule has 0 radical (unpaired) electrons. The molecule has 0 aliphatic heterocycles. The molecule has 0 unspecified atom stereocenters. The number of para-hydroxylation sites is 1. The van der Waals surface area contributed by atoms with Crippen LogP contribution in [0.25, 0.3) is 5.69 Å². The van der Waals surface area contributed by atoms with E-state index in [1.165, 1.54) is 0 Å². The maximum atomic E-state index is 12.0. The zero-order valence-corrected chi connectivity index (χ0v) is 11.3. The van der Waals surface area contributed by atoms with Gasteiger partial charge in [-0.1, -0.05) is 23.7 Å². The molecule has 4 nitrogen and oxygen atoms in total. The Morgan fingerprint density at radius 2 is 2.11 bits per heavy atom. The largest absolute Gasteiger partial charge is 0.345 e. The van der Waals surface area contributed by atoms with E-state index in [2.05, 4.69) is 10.4 Å². The zero-order chi connectivity index (χ0) is 13.5. The van der Waals surface area contributed by atoms with E-state index in [9.17, 15) is 4.79 Å². The van der Waals surface area contributed by atoms with Crippen molar-refractivity contribution in [2.45, 2.75) is 25.3 Å². The molecule has 2 aromatic rings. The van der Waals surface area contributed by atoms with Crippen LogP contribution < -0.4 is 5.32 Å². The summed E-state index contributed by atoms with van der Waals surface area (Å²) in [6.07, 6.45) is 3.80. The van der Waals surface area contributed by atoms with Crippen LogP contribution in [0.2, 0.25) is 5.02 Å². The Labute approximate surface area is 116 Å². The van der Waals surface area contributed by atoms with Crippen molar-refractivity contribution in [2.75, 3.05) is 0 Å². The average molecular weight is 276 g/mol. The summed E-state index contributed by atoms with van der Waals surface area (Å²) in [5.41, 5.74) is 1.14. The van der Waals surface area contributed by atoms with Gasteiger partial charge >= 0.3 is 0 Å². The first-order valence-corrected chi connectivity index (χ1v) is 6.58. The van der Waals surface area contributed by atoms with Crippen molar-refractivity contribution < 1.29 is 4.79 Å². The maximum Gasteiger partial charge on any atom is 0.272 e. The van der Waals surface area contributed by atoms with Gasteiger partial charge in [0.2, 0.25) is 0 Å². The van der Waals surface area contributed by atoms with Gasteiger partial charge in [-0.2, -0.15) is 5.10 Å². The van der Waals surface area contributed by atoms with Gasteiger partial charge in [0.05, 0.1) is 10.7 Å². The quantitative estimate of drug-likeness (QED) is 0.936. The predicted octanol–water partition coefficient (Wildman–Crippen LogP) is 2.81. The Hall–Kier alpha value is -1.81. The van der Waals surface area contributed by atoms with Crippen LogP contribution in [0.15, 0.2) is 36.5 Å². The van der Waals surface area contributed by atoms with Gasteiger partial charge in [0.25, 0.3) is 5.91 Å². The van der Waals surface area contributed by atoms with Gasteiger partial charge in [-0.05, 0) is 38.0 Å². The van der Waals surface area contributed by atoms with Crippen molar-refractivity contribution in [3.8, 4) is 5.69 Å². The molecule has 1 amide bonds. The number of carbonyl (C=O) groups is 1. The average Bonchev–Trinajstić information content (AvgIpc) is 2.93. The summed E-state index contributed by atoms with van der Waals surface area (Å²) in [4.78, 5) is 12.0. The highest BCUT2D eigenvalue weighted by Crippen LogP contribution is 2.34. The molecular weight excluding hydrogens is 262 g/mol. The van der Waals surface area contributed by atoms with Crippen LogP contribution in [-0.4, -0.2) is 21.2 Å². The smallest absolute Gasteiger partial charge is 0.272 e. The minimum Gasteiger partial charge on any atom is -0.345 e. The first-order chi connectivity index (χ1) is 9.07. The van der Waals surface area contributed by atoms with E-state index in [4.69, 9.17) is 11.6 Å². The van der Waals surface area contributed by atoms with Gasteiger partial charge in [-0.3, -0.25) is 4.79 Å². The highest BCUT2D eigenvalue weighted by molar-refractivity contribution is 6.32. The van der Waals surface area contributed by atoms with Gasteiger partial charge in [0.15, 0.2) is 5.69 Å². The number of nitrogens with zero attached hydrogens (tertiary/aromatic N) is 2. The molecule has 1 saturated carbocycles. The number of hydrogen-bond acceptors (Lipinski definition) is 2. The molecule has 1 heterocycles. The number of benzene rings is 1. The predicted molar refractivity (Wildman–Crippen MR) is 73.7 cm³/mol. The molecule has 1 fully saturated rings. The molecule has 1 aromatic carbocycles. The highest BCUT2D eigenvalue weighted by atomic mass is 35.5. The van der Waals surface area contributed by atoms with Crippen molar-refractivity contribution >= 4 is 17.5 Å². The number of amides is 1. The molecule has 19 heavy (non-hydrogen) atoms. The highest BCUT2D eigenvalue weighted by Gasteiger charge is 2.39. The number of carbonyl (C=O) groups excluding carboxylic acids is 1. The normalized spacial score (nSPS) is 16.1. The molecule has 3 rings (SSSR count). The summed E-state index contributed by atoms with van der Waals surface area (Å²) in [6.45, 7) is 2.04. The summed E-state index contributed by atoms with van der Waals surface area (Å²) < 4.78 is 1.62. The minimum atomic E-state index is -0.134. The van der Waals surface area contributed by atoms with E-state index < -0.39 is 0 Å². The van der Waals surface area contributed by atoms with Gasteiger partial charge in [-0.15, -0.1) is 0 Å². The molecule has 0 bridgehead atoms. The fourth-order valence-electron chi connectivity index (χ4n) is 1.87. The Morgan fingerprint density at radius 3 is 2.79 bits per heavy atom. The third kappa shape index (κ3) is 2.49. The van der Waals surface area contributed by atoms with E-state index in [1.807, 2.05) is 25.1 Å². The summed E-state index contributed by atoms with van der Waals surface area (Å²) in [7, 11) is 0. The van der Waals surface area contributed by atoms with Crippen LogP contribution >= 0.6 is 11.6 Å². The zero-order valence-electron chi connectivity index (χ0n) is 10.6. The van der Waals surface area contributed by atoms with Crippen LogP contribution in [0.3, 0.4) is 0 Å². The second-order valence-electron chi connectivity index (χ2n) is 5.11. The number of halogens is 1. The molecule has 5 heteroatoms. The molecule has 98 valence electrons. The lowest BCUT2D eigenvalue weighted by atomic mass is 10.3. The van der Waals surface area contributed by atoms with Gasteiger partial charge in [0.1, 0.15) is 0 Å². The summed E-state index contributed by atoms with van der Waals surface area (Å²) >= 11 is 6.10. The first-order valence-electron chi connectivity index (χ1n) is 6.20. The monoisotopic (exact) mass is 275 g/mol. The summed E-state index contributed by atoms with van der Waals surface area (Å²) in [5.74, 6) is -0.134. The Kier molecular flexibility index (Phi) is 2.82. The molecule has 1 aliphatic carbocycles. The minimum absolute atomic E-state index is 0.0365. The lowest BCUT2D eigenvalue weighted by Gasteiger charge is -2.09. The van der Waals surface area contributed by atoms with Crippen molar-refractivity contribution in [3.05, 3.63) is 47.2 Å². The SMILES string of the molecule is CC1(NC(=O)c2ccn(-c3ccccc3Cl)n2)CC1. The molecular formula is C14H14ClN3O. The second-order valence-corrected chi connectivity index (χ2v) is 5.52. The number of aromatic nitrogens is 2. The maximum absolute atomic E-state index is 12.0. The fourth-order valence-corrected chi connectivity index (χ4v) is 2.09. The number of nitrogens with one attached hydrogen (secondary N) is 1. The number of rotatable bonds is 3. The second kappa shape index (κ2) is 4.38. The molecule has 1 N–H and O–H groups in total. The van der Waals surface area contributed by atoms with Crippen LogP contribution in [0.5, 0.6) is 0 Å². The summed E-state index contributed by atoms with van der Waals surface area (Å²) in [5, 5.41) is 7.86. The van der Waals surface area contributed by atoms with Crippen molar-refractivity contribution in [1.82, 2.24) is 15.1 Å². The topological polar surface area (TPSA) is 46.9 Å². The molecule has 0 spiro atoms. The van der Waals surface area contributed by atoms with Crippen molar-refractivity contribution in [2.24, 2.45) is 0 Å². The van der Waals surface area contributed by atoms with Crippen molar-refractivity contribution in [3.63, 3.8) is 0 Å². The van der Waals surface area contributed by atoms with Gasteiger partial charge in [-0.25, -0.2) is 4.68 Å².